The number of nitrogens with zero attached hydrogens (tertiary/aromatic N) is 4. The quantitative estimate of drug-likeness (QED) is 0.286. The monoisotopic (exact) mass is 485 g/mol. The molecular formula is C24H22Cl2FN5O. The average Bonchev–Trinajstić information content (AvgIpc) is 3.49. The minimum absolute atomic E-state index is 0.0374. The first-order valence-electron chi connectivity index (χ1n) is 10.8. The molecule has 0 radical (unpaired) electrons. The van der Waals surface area contributed by atoms with Crippen LogP contribution in [0.4, 0.5) is 4.39 Å². The van der Waals surface area contributed by atoms with Crippen LogP contribution in [0.2, 0.25) is 10.0 Å². The molecule has 1 amide bonds. The second kappa shape index (κ2) is 8.80. The maximum atomic E-state index is 14.1. The Bertz CT molecular complexity index is 1330. The highest BCUT2D eigenvalue weighted by atomic mass is 35.5. The fourth-order valence-corrected chi connectivity index (χ4v) is 5.28. The van der Waals surface area contributed by atoms with E-state index in [-0.39, 0.29) is 17.0 Å². The summed E-state index contributed by atoms with van der Waals surface area (Å²) in [6.45, 7) is 3.44. The molecule has 0 unspecified atom stereocenters. The van der Waals surface area contributed by atoms with Crippen molar-refractivity contribution in [1.82, 2.24) is 24.6 Å². The summed E-state index contributed by atoms with van der Waals surface area (Å²) in [7, 11) is 0. The van der Waals surface area contributed by atoms with E-state index in [1.165, 1.54) is 12.1 Å². The number of hydrogen-bond acceptors (Lipinski definition) is 3. The number of fused-ring (bicyclic) bond motifs is 1. The Balaban J connectivity index is 1.47. The lowest BCUT2D eigenvalue weighted by Crippen LogP contribution is -2.33. The number of pyridine rings is 1. The highest BCUT2D eigenvalue weighted by Crippen LogP contribution is 2.39. The second-order valence-electron chi connectivity index (χ2n) is 8.42. The van der Waals surface area contributed by atoms with Gasteiger partial charge in [0, 0.05) is 59.1 Å². The van der Waals surface area contributed by atoms with Crippen LogP contribution >= 0.6 is 23.2 Å². The smallest absolute Gasteiger partial charge is 0.209 e. The topological polar surface area (TPSA) is 66.8 Å². The van der Waals surface area contributed by atoms with Gasteiger partial charge in [-0.3, -0.25) is 9.48 Å². The van der Waals surface area contributed by atoms with Gasteiger partial charge in [0.15, 0.2) is 0 Å². The van der Waals surface area contributed by atoms with Gasteiger partial charge in [0.1, 0.15) is 11.5 Å². The largest absolute Gasteiger partial charge is 0.346 e. The SMILES string of the molecule is C[C@@H](c1c(Cl)ccc(F)c1Cl)c1c[nH]c2ncc(-c3cnn(C4CCN(C=O)CC4)c3)cc12. The van der Waals surface area contributed by atoms with Gasteiger partial charge in [-0.2, -0.15) is 5.10 Å². The van der Waals surface area contributed by atoms with E-state index in [1.54, 1.807) is 4.90 Å². The molecule has 1 N–H and O–H groups in total. The van der Waals surface area contributed by atoms with Crippen molar-refractivity contribution >= 4 is 40.6 Å². The van der Waals surface area contributed by atoms with Crippen molar-refractivity contribution in [2.45, 2.75) is 31.7 Å². The number of aromatic amines is 1. The Morgan fingerprint density at radius 1 is 1.21 bits per heavy atom. The van der Waals surface area contributed by atoms with Gasteiger partial charge in [-0.1, -0.05) is 30.1 Å². The molecule has 1 fully saturated rings. The summed E-state index contributed by atoms with van der Waals surface area (Å²) in [4.78, 5) is 20.5. The zero-order valence-electron chi connectivity index (χ0n) is 17.9. The van der Waals surface area contributed by atoms with Gasteiger partial charge in [-0.05, 0) is 42.2 Å². The molecule has 33 heavy (non-hydrogen) atoms. The van der Waals surface area contributed by atoms with Gasteiger partial charge < -0.3 is 9.88 Å². The van der Waals surface area contributed by atoms with Crippen molar-refractivity contribution < 1.29 is 9.18 Å². The number of H-pyrrole nitrogens is 1. The first-order valence-corrected chi connectivity index (χ1v) is 11.6. The van der Waals surface area contributed by atoms with Crippen molar-refractivity contribution in [3.63, 3.8) is 0 Å². The van der Waals surface area contributed by atoms with Gasteiger partial charge in [0.25, 0.3) is 0 Å². The molecule has 1 aromatic carbocycles. The lowest BCUT2D eigenvalue weighted by Gasteiger charge is -2.29. The Labute approximate surface area is 200 Å². The summed E-state index contributed by atoms with van der Waals surface area (Å²) in [5, 5.41) is 5.95. The molecule has 9 heteroatoms. The third-order valence-corrected chi connectivity index (χ3v) is 7.21. The van der Waals surface area contributed by atoms with E-state index in [1.807, 2.05) is 36.4 Å². The summed E-state index contributed by atoms with van der Waals surface area (Å²) in [6, 6.07) is 5.13. The van der Waals surface area contributed by atoms with E-state index >= 15 is 0 Å². The average molecular weight is 486 g/mol. The molecule has 1 atom stereocenters. The highest BCUT2D eigenvalue weighted by Gasteiger charge is 2.23. The maximum absolute atomic E-state index is 14.1. The van der Waals surface area contributed by atoms with Gasteiger partial charge in [-0.25, -0.2) is 9.37 Å². The molecule has 4 aromatic rings. The Kier molecular flexibility index (Phi) is 5.85. The summed E-state index contributed by atoms with van der Waals surface area (Å²) in [5.41, 5.74) is 4.12. The van der Waals surface area contributed by atoms with Crippen molar-refractivity contribution in [2.24, 2.45) is 0 Å². The number of halogens is 3. The van der Waals surface area contributed by atoms with Crippen molar-refractivity contribution in [2.75, 3.05) is 13.1 Å². The molecule has 6 nitrogen and oxygen atoms in total. The van der Waals surface area contributed by atoms with Crippen LogP contribution in [0.15, 0.2) is 43.0 Å². The minimum atomic E-state index is -0.493. The Morgan fingerprint density at radius 2 is 2.00 bits per heavy atom. The predicted octanol–water partition coefficient (Wildman–Crippen LogP) is 5.82. The van der Waals surface area contributed by atoms with Crippen LogP contribution in [-0.2, 0) is 4.79 Å². The number of amides is 1. The summed E-state index contributed by atoms with van der Waals surface area (Å²) >= 11 is 12.6. The van der Waals surface area contributed by atoms with E-state index in [0.29, 0.717) is 10.6 Å². The molecule has 0 aliphatic carbocycles. The van der Waals surface area contributed by atoms with E-state index in [2.05, 4.69) is 21.1 Å². The number of likely N-dealkylation sites (tertiary alicyclic amines) is 1. The number of carbonyl (C=O) groups excluding carboxylic acids is 1. The standard InChI is InChI=1S/C24H22Cl2FN5O/c1-14(22-20(25)2-3-21(27)23(22)26)19-11-29-24-18(19)8-15(9-28-24)16-10-30-32(12-16)17-4-6-31(13-33)7-5-17/h2-3,8-14,17H,4-7H2,1H3,(H,28,29)/t14-/m1/s1. The highest BCUT2D eigenvalue weighted by molar-refractivity contribution is 6.36. The molecule has 5 rings (SSSR count). The van der Waals surface area contributed by atoms with Crippen LogP contribution in [0.3, 0.4) is 0 Å². The maximum Gasteiger partial charge on any atom is 0.209 e. The lowest BCUT2D eigenvalue weighted by atomic mass is 9.92. The van der Waals surface area contributed by atoms with E-state index in [4.69, 9.17) is 23.2 Å². The first-order chi connectivity index (χ1) is 16.0. The molecular weight excluding hydrogens is 464 g/mol. The molecule has 170 valence electrons. The number of aromatic nitrogens is 4. The van der Waals surface area contributed by atoms with Gasteiger partial charge in [0.05, 0.1) is 17.3 Å². The minimum Gasteiger partial charge on any atom is -0.346 e. The molecule has 4 heterocycles. The number of benzene rings is 1. The zero-order chi connectivity index (χ0) is 23.1. The number of rotatable bonds is 5. The molecule has 0 saturated carbocycles. The molecule has 1 aliphatic rings. The van der Waals surface area contributed by atoms with Crippen LogP contribution in [0, 0.1) is 5.82 Å². The van der Waals surface area contributed by atoms with Crippen LogP contribution in [-0.4, -0.2) is 44.1 Å². The Hall–Kier alpha value is -2.90. The number of nitrogens with one attached hydrogen (secondary N) is 1. The normalized spacial score (nSPS) is 15.8. The third-order valence-electron chi connectivity index (χ3n) is 6.50. The van der Waals surface area contributed by atoms with Crippen LogP contribution in [0.5, 0.6) is 0 Å². The van der Waals surface area contributed by atoms with Crippen LogP contribution in [0.1, 0.15) is 42.9 Å². The summed E-state index contributed by atoms with van der Waals surface area (Å²) in [5.74, 6) is -0.731. The first kappa shape index (κ1) is 21.9. The third kappa shape index (κ3) is 4.00. The number of hydrogen-bond donors (Lipinski definition) is 1. The van der Waals surface area contributed by atoms with Crippen molar-refractivity contribution in [3.05, 3.63) is 70.0 Å². The van der Waals surface area contributed by atoms with E-state index in [0.717, 1.165) is 60.1 Å². The fourth-order valence-electron chi connectivity index (χ4n) is 4.58. The van der Waals surface area contributed by atoms with Crippen molar-refractivity contribution in [1.29, 1.82) is 0 Å². The van der Waals surface area contributed by atoms with Crippen LogP contribution < -0.4 is 0 Å². The van der Waals surface area contributed by atoms with E-state index < -0.39 is 5.82 Å². The molecule has 3 aromatic heterocycles. The summed E-state index contributed by atoms with van der Waals surface area (Å²) < 4.78 is 16.1. The molecule has 1 aliphatic heterocycles. The number of piperidine rings is 1. The van der Waals surface area contributed by atoms with Gasteiger partial charge in [-0.15, -0.1) is 0 Å². The van der Waals surface area contributed by atoms with E-state index in [9.17, 15) is 9.18 Å². The predicted molar refractivity (Wildman–Crippen MR) is 127 cm³/mol. The number of carbonyl (C=O) groups is 1. The van der Waals surface area contributed by atoms with Crippen LogP contribution in [0.25, 0.3) is 22.2 Å². The zero-order valence-corrected chi connectivity index (χ0v) is 19.4. The lowest BCUT2D eigenvalue weighted by molar-refractivity contribution is -0.119. The molecule has 0 bridgehead atoms. The molecule has 1 saturated heterocycles. The fraction of sp³-hybridized carbons (Fsp3) is 0.292. The molecule has 0 spiro atoms. The second-order valence-corrected chi connectivity index (χ2v) is 9.21. The summed E-state index contributed by atoms with van der Waals surface area (Å²) in [6.07, 6.45) is 10.2. The Morgan fingerprint density at radius 3 is 2.76 bits per heavy atom. The van der Waals surface area contributed by atoms with Gasteiger partial charge >= 0.3 is 0 Å². The van der Waals surface area contributed by atoms with Crippen molar-refractivity contribution in [3.8, 4) is 11.1 Å². The van der Waals surface area contributed by atoms with Gasteiger partial charge in [0.2, 0.25) is 6.41 Å².